The minimum atomic E-state index is -0.420. The molecule has 4 nitrogen and oxygen atoms in total. The molecule has 1 aliphatic rings. The molecule has 1 amide bonds. The fourth-order valence-electron chi connectivity index (χ4n) is 1.71. The van der Waals surface area contributed by atoms with E-state index in [2.05, 4.69) is 24.5 Å². The predicted octanol–water partition coefficient (Wildman–Crippen LogP) is 2.43. The van der Waals surface area contributed by atoms with Gasteiger partial charge in [-0.1, -0.05) is 13.8 Å². The van der Waals surface area contributed by atoms with E-state index in [1.54, 1.807) is 0 Å². The van der Waals surface area contributed by atoms with Gasteiger partial charge in [0.05, 0.1) is 0 Å². The summed E-state index contributed by atoms with van der Waals surface area (Å²) >= 11 is 0. The van der Waals surface area contributed by atoms with Crippen LogP contribution in [0.4, 0.5) is 4.79 Å². The Bertz CT molecular complexity index is 265. The molecule has 0 atom stereocenters. The largest absolute Gasteiger partial charge is 0.444 e. The van der Waals surface area contributed by atoms with Crippen LogP contribution in [0, 0.1) is 0 Å². The van der Waals surface area contributed by atoms with Gasteiger partial charge in [0, 0.05) is 11.6 Å². The summed E-state index contributed by atoms with van der Waals surface area (Å²) < 4.78 is 5.27. The molecule has 100 valence electrons. The topological polar surface area (TPSA) is 50.4 Å². The van der Waals surface area contributed by atoms with Crippen LogP contribution in [0.3, 0.4) is 0 Å². The van der Waals surface area contributed by atoms with E-state index >= 15 is 0 Å². The van der Waals surface area contributed by atoms with E-state index in [0.29, 0.717) is 6.04 Å². The summed E-state index contributed by atoms with van der Waals surface area (Å²) in [4.78, 5) is 11.7. The van der Waals surface area contributed by atoms with E-state index in [1.165, 1.54) is 0 Å². The highest BCUT2D eigenvalue weighted by Crippen LogP contribution is 2.38. The third-order valence-electron chi connectivity index (χ3n) is 2.78. The quantitative estimate of drug-likeness (QED) is 0.778. The van der Waals surface area contributed by atoms with Crippen molar-refractivity contribution in [1.29, 1.82) is 0 Å². The minimum absolute atomic E-state index is 0.00970. The summed E-state index contributed by atoms with van der Waals surface area (Å²) in [6.07, 6.45) is 2.81. The van der Waals surface area contributed by atoms with Crippen LogP contribution in [-0.2, 0) is 4.74 Å². The Hall–Kier alpha value is -0.770. The molecule has 2 N–H and O–H groups in total. The van der Waals surface area contributed by atoms with Crippen LogP contribution >= 0.6 is 0 Å². The van der Waals surface area contributed by atoms with Crippen LogP contribution in [0.2, 0.25) is 0 Å². The second-order valence-electron chi connectivity index (χ2n) is 6.27. The minimum Gasteiger partial charge on any atom is -0.444 e. The number of amides is 1. The Morgan fingerprint density at radius 3 is 2.35 bits per heavy atom. The molecular formula is C13H26N2O2. The zero-order valence-corrected chi connectivity index (χ0v) is 11.7. The predicted molar refractivity (Wildman–Crippen MR) is 69.1 cm³/mol. The van der Waals surface area contributed by atoms with Crippen molar-refractivity contribution in [3.63, 3.8) is 0 Å². The number of hydrogen-bond acceptors (Lipinski definition) is 3. The molecule has 1 saturated carbocycles. The van der Waals surface area contributed by atoms with Crippen molar-refractivity contribution in [2.24, 2.45) is 0 Å². The van der Waals surface area contributed by atoms with E-state index < -0.39 is 5.60 Å². The van der Waals surface area contributed by atoms with Gasteiger partial charge in [0.2, 0.25) is 0 Å². The summed E-state index contributed by atoms with van der Waals surface area (Å²) in [6.45, 7) is 10.8. The van der Waals surface area contributed by atoms with E-state index in [1.807, 2.05) is 20.8 Å². The fraction of sp³-hybridized carbons (Fsp3) is 0.923. The molecule has 1 rings (SSSR count). The van der Waals surface area contributed by atoms with Crippen LogP contribution < -0.4 is 10.6 Å². The molecule has 0 aliphatic heterocycles. The monoisotopic (exact) mass is 242 g/mol. The third kappa shape index (κ3) is 5.91. The first-order valence-corrected chi connectivity index (χ1v) is 6.47. The average Bonchev–Trinajstić information content (AvgIpc) is 2.80. The van der Waals surface area contributed by atoms with Crippen molar-refractivity contribution in [2.45, 2.75) is 71.1 Å². The van der Waals surface area contributed by atoms with Crippen molar-refractivity contribution in [3.05, 3.63) is 0 Å². The second-order valence-corrected chi connectivity index (χ2v) is 6.27. The lowest BCUT2D eigenvalue weighted by atomic mass is 10.1. The summed E-state index contributed by atoms with van der Waals surface area (Å²) in [7, 11) is 0. The first-order chi connectivity index (χ1) is 7.72. The van der Waals surface area contributed by atoms with E-state index in [4.69, 9.17) is 4.74 Å². The highest BCUT2D eigenvalue weighted by molar-refractivity contribution is 5.69. The molecule has 17 heavy (non-hydrogen) atoms. The maximum atomic E-state index is 11.7. The van der Waals surface area contributed by atoms with Crippen molar-refractivity contribution in [2.75, 3.05) is 6.54 Å². The van der Waals surface area contributed by atoms with Gasteiger partial charge in [0.25, 0.3) is 0 Å². The van der Waals surface area contributed by atoms with Crippen LogP contribution in [0.25, 0.3) is 0 Å². The number of alkyl carbamates (subject to hydrolysis) is 1. The number of rotatable bonds is 5. The number of ether oxygens (including phenoxy) is 1. The Labute approximate surface area is 104 Å². The SMILES string of the molecule is CC(C)NCCC1(NC(=O)OC(C)(C)C)CC1. The molecule has 0 saturated heterocycles. The van der Waals surface area contributed by atoms with Gasteiger partial charge in [-0.25, -0.2) is 4.79 Å². The van der Waals surface area contributed by atoms with E-state index in [-0.39, 0.29) is 11.6 Å². The van der Waals surface area contributed by atoms with Gasteiger partial charge in [-0.2, -0.15) is 0 Å². The molecule has 0 radical (unpaired) electrons. The molecule has 0 unspecified atom stereocenters. The fourth-order valence-corrected chi connectivity index (χ4v) is 1.71. The Morgan fingerprint density at radius 1 is 1.35 bits per heavy atom. The van der Waals surface area contributed by atoms with Crippen molar-refractivity contribution in [3.8, 4) is 0 Å². The Balaban J connectivity index is 2.28. The van der Waals surface area contributed by atoms with Crippen molar-refractivity contribution in [1.82, 2.24) is 10.6 Å². The second kappa shape index (κ2) is 5.25. The number of hydrogen-bond donors (Lipinski definition) is 2. The van der Waals surface area contributed by atoms with Crippen LogP contribution in [0.1, 0.15) is 53.9 Å². The summed E-state index contributed by atoms with van der Waals surface area (Å²) in [5.41, 5.74) is -0.430. The lowest BCUT2D eigenvalue weighted by molar-refractivity contribution is 0.0493. The maximum Gasteiger partial charge on any atom is 0.408 e. The molecule has 0 spiro atoms. The van der Waals surface area contributed by atoms with Crippen LogP contribution in [-0.4, -0.2) is 29.8 Å². The molecule has 1 aliphatic carbocycles. The lowest BCUT2D eigenvalue weighted by Gasteiger charge is -2.23. The molecule has 0 aromatic rings. The highest BCUT2D eigenvalue weighted by Gasteiger charge is 2.44. The lowest BCUT2D eigenvalue weighted by Crippen LogP contribution is -2.42. The summed E-state index contributed by atoms with van der Waals surface area (Å²) in [6, 6.07) is 0.493. The van der Waals surface area contributed by atoms with Gasteiger partial charge >= 0.3 is 6.09 Å². The Kier molecular flexibility index (Phi) is 4.42. The summed E-state index contributed by atoms with van der Waals surface area (Å²) in [5.74, 6) is 0. The zero-order valence-electron chi connectivity index (χ0n) is 11.7. The molecule has 0 bridgehead atoms. The maximum absolute atomic E-state index is 11.7. The van der Waals surface area contributed by atoms with Crippen LogP contribution in [0.15, 0.2) is 0 Å². The van der Waals surface area contributed by atoms with Gasteiger partial charge in [0.1, 0.15) is 5.60 Å². The number of carbonyl (C=O) groups excluding carboxylic acids is 1. The van der Waals surface area contributed by atoms with Crippen molar-refractivity contribution < 1.29 is 9.53 Å². The van der Waals surface area contributed by atoms with Gasteiger partial charge in [-0.15, -0.1) is 0 Å². The van der Waals surface area contributed by atoms with Gasteiger partial charge in [-0.3, -0.25) is 0 Å². The standard InChI is InChI=1S/C13H26N2O2/c1-10(2)14-9-8-13(6-7-13)15-11(16)17-12(3,4)5/h10,14H,6-9H2,1-5H3,(H,15,16). The number of nitrogens with one attached hydrogen (secondary N) is 2. The molecule has 4 heteroatoms. The van der Waals surface area contributed by atoms with Crippen LogP contribution in [0.5, 0.6) is 0 Å². The first kappa shape index (κ1) is 14.3. The molecule has 0 aromatic carbocycles. The van der Waals surface area contributed by atoms with Crippen molar-refractivity contribution >= 4 is 6.09 Å². The van der Waals surface area contributed by atoms with E-state index in [9.17, 15) is 4.79 Å². The van der Waals surface area contributed by atoms with Gasteiger partial charge in [-0.05, 0) is 46.6 Å². The first-order valence-electron chi connectivity index (χ1n) is 6.47. The molecule has 0 aromatic heterocycles. The molecule has 1 fully saturated rings. The summed E-state index contributed by atoms with van der Waals surface area (Å²) in [5, 5.41) is 6.37. The molecule has 0 heterocycles. The highest BCUT2D eigenvalue weighted by atomic mass is 16.6. The normalized spacial score (nSPS) is 18.0. The molecular weight excluding hydrogens is 216 g/mol. The average molecular weight is 242 g/mol. The third-order valence-corrected chi connectivity index (χ3v) is 2.78. The number of carbonyl (C=O) groups is 1. The smallest absolute Gasteiger partial charge is 0.408 e. The Morgan fingerprint density at radius 2 is 1.94 bits per heavy atom. The van der Waals surface area contributed by atoms with E-state index in [0.717, 1.165) is 25.8 Å². The zero-order chi connectivity index (χ0) is 13.1. The van der Waals surface area contributed by atoms with Gasteiger partial charge in [0.15, 0.2) is 0 Å². The van der Waals surface area contributed by atoms with Gasteiger partial charge < -0.3 is 15.4 Å².